The average Bonchev–Trinajstić information content (AvgIpc) is 2.72. The molecule has 0 bridgehead atoms. The Morgan fingerprint density at radius 3 is 2.71 bits per heavy atom. The van der Waals surface area contributed by atoms with Crippen molar-refractivity contribution in [1.82, 2.24) is 0 Å². The van der Waals surface area contributed by atoms with Gasteiger partial charge in [-0.1, -0.05) is 12.1 Å². The standard InChI is InChI=1S/C11H15NOS/c12-7-9-1-3-10(4-2-9)14-11-5-6-13-8-11/h1-4,11H,5-8,12H2. The molecule has 3 heteroatoms. The van der Waals surface area contributed by atoms with Crippen LogP contribution in [0.5, 0.6) is 0 Å². The second kappa shape index (κ2) is 4.82. The van der Waals surface area contributed by atoms with Gasteiger partial charge in [-0.2, -0.15) is 0 Å². The largest absolute Gasteiger partial charge is 0.380 e. The molecule has 2 rings (SSSR count). The van der Waals surface area contributed by atoms with Crippen molar-refractivity contribution in [3.05, 3.63) is 29.8 Å². The van der Waals surface area contributed by atoms with Gasteiger partial charge in [-0.05, 0) is 24.1 Å². The van der Waals surface area contributed by atoms with Gasteiger partial charge in [0.1, 0.15) is 0 Å². The number of ether oxygens (including phenoxy) is 1. The number of benzene rings is 1. The van der Waals surface area contributed by atoms with E-state index in [0.717, 1.165) is 13.2 Å². The normalized spacial score (nSPS) is 21.4. The van der Waals surface area contributed by atoms with Crippen LogP contribution in [0.1, 0.15) is 12.0 Å². The van der Waals surface area contributed by atoms with Crippen molar-refractivity contribution in [1.29, 1.82) is 0 Å². The SMILES string of the molecule is NCc1ccc(SC2CCOC2)cc1. The van der Waals surface area contributed by atoms with Crippen LogP contribution in [0.15, 0.2) is 29.2 Å². The molecule has 0 saturated carbocycles. The fourth-order valence-corrected chi connectivity index (χ4v) is 2.56. The minimum Gasteiger partial charge on any atom is -0.380 e. The lowest BCUT2D eigenvalue weighted by Gasteiger charge is -2.07. The summed E-state index contributed by atoms with van der Waals surface area (Å²) in [7, 11) is 0. The van der Waals surface area contributed by atoms with Gasteiger partial charge < -0.3 is 10.5 Å². The topological polar surface area (TPSA) is 35.2 Å². The maximum absolute atomic E-state index is 5.54. The van der Waals surface area contributed by atoms with Crippen LogP contribution in [-0.2, 0) is 11.3 Å². The first kappa shape index (κ1) is 10.0. The molecule has 1 atom stereocenters. The van der Waals surface area contributed by atoms with Crippen molar-refractivity contribution < 1.29 is 4.74 Å². The summed E-state index contributed by atoms with van der Waals surface area (Å²) in [6.07, 6.45) is 1.17. The van der Waals surface area contributed by atoms with E-state index in [4.69, 9.17) is 10.5 Å². The first-order chi connectivity index (χ1) is 6.88. The number of rotatable bonds is 3. The Kier molecular flexibility index (Phi) is 3.45. The van der Waals surface area contributed by atoms with E-state index >= 15 is 0 Å². The van der Waals surface area contributed by atoms with Gasteiger partial charge in [0, 0.05) is 23.3 Å². The summed E-state index contributed by atoms with van der Waals surface area (Å²) in [6, 6.07) is 8.48. The maximum atomic E-state index is 5.54. The van der Waals surface area contributed by atoms with Crippen LogP contribution in [0.3, 0.4) is 0 Å². The third-order valence-corrected chi connectivity index (χ3v) is 3.60. The Morgan fingerprint density at radius 1 is 1.36 bits per heavy atom. The summed E-state index contributed by atoms with van der Waals surface area (Å²) in [5.74, 6) is 0. The molecule has 1 unspecified atom stereocenters. The zero-order valence-corrected chi connectivity index (χ0v) is 8.93. The van der Waals surface area contributed by atoms with Crippen LogP contribution in [0.4, 0.5) is 0 Å². The predicted octanol–water partition coefficient (Wildman–Crippen LogP) is 2.03. The van der Waals surface area contributed by atoms with E-state index in [1.807, 2.05) is 11.8 Å². The van der Waals surface area contributed by atoms with Crippen LogP contribution in [0.25, 0.3) is 0 Å². The van der Waals surface area contributed by atoms with E-state index in [-0.39, 0.29) is 0 Å². The van der Waals surface area contributed by atoms with Crippen molar-refractivity contribution >= 4 is 11.8 Å². The van der Waals surface area contributed by atoms with Crippen LogP contribution in [-0.4, -0.2) is 18.5 Å². The van der Waals surface area contributed by atoms with Crippen molar-refractivity contribution in [2.24, 2.45) is 5.73 Å². The number of nitrogens with two attached hydrogens (primary N) is 1. The van der Waals surface area contributed by atoms with Crippen molar-refractivity contribution in [2.75, 3.05) is 13.2 Å². The van der Waals surface area contributed by atoms with Crippen LogP contribution < -0.4 is 5.73 Å². The molecule has 1 aromatic rings. The van der Waals surface area contributed by atoms with Crippen LogP contribution >= 0.6 is 11.8 Å². The minimum atomic E-state index is 0.623. The number of hydrogen-bond donors (Lipinski definition) is 1. The molecule has 2 N–H and O–H groups in total. The Morgan fingerprint density at radius 2 is 2.14 bits per heavy atom. The molecule has 2 nitrogen and oxygen atoms in total. The van der Waals surface area contributed by atoms with Gasteiger partial charge >= 0.3 is 0 Å². The molecular formula is C11H15NOS. The zero-order chi connectivity index (χ0) is 9.80. The zero-order valence-electron chi connectivity index (χ0n) is 8.11. The summed E-state index contributed by atoms with van der Waals surface area (Å²) in [4.78, 5) is 1.32. The molecule has 0 radical (unpaired) electrons. The Balaban J connectivity index is 1.95. The van der Waals surface area contributed by atoms with Gasteiger partial charge in [0.25, 0.3) is 0 Å². The van der Waals surface area contributed by atoms with Crippen molar-refractivity contribution in [3.63, 3.8) is 0 Å². The third kappa shape index (κ3) is 2.50. The quantitative estimate of drug-likeness (QED) is 0.827. The van der Waals surface area contributed by atoms with E-state index in [1.165, 1.54) is 16.9 Å². The highest BCUT2D eigenvalue weighted by atomic mass is 32.2. The van der Waals surface area contributed by atoms with Crippen molar-refractivity contribution in [2.45, 2.75) is 23.1 Å². The first-order valence-electron chi connectivity index (χ1n) is 4.92. The average molecular weight is 209 g/mol. The fraction of sp³-hybridized carbons (Fsp3) is 0.455. The Labute approximate surface area is 88.8 Å². The van der Waals surface area contributed by atoms with Gasteiger partial charge in [0.2, 0.25) is 0 Å². The van der Waals surface area contributed by atoms with Gasteiger partial charge in [0.05, 0.1) is 6.61 Å². The minimum absolute atomic E-state index is 0.623. The van der Waals surface area contributed by atoms with Gasteiger partial charge in [-0.15, -0.1) is 11.8 Å². The number of thioether (sulfide) groups is 1. The molecule has 1 heterocycles. The monoisotopic (exact) mass is 209 g/mol. The van der Waals surface area contributed by atoms with E-state index in [9.17, 15) is 0 Å². The van der Waals surface area contributed by atoms with Gasteiger partial charge in [-0.25, -0.2) is 0 Å². The van der Waals surface area contributed by atoms with Crippen LogP contribution in [0.2, 0.25) is 0 Å². The van der Waals surface area contributed by atoms with Crippen molar-refractivity contribution in [3.8, 4) is 0 Å². The molecule has 0 amide bonds. The van der Waals surface area contributed by atoms with E-state index in [0.29, 0.717) is 11.8 Å². The molecule has 76 valence electrons. The third-order valence-electron chi connectivity index (χ3n) is 2.35. The molecule has 1 fully saturated rings. The lowest BCUT2D eigenvalue weighted by atomic mass is 10.2. The molecule has 14 heavy (non-hydrogen) atoms. The molecule has 1 aliphatic heterocycles. The second-order valence-electron chi connectivity index (χ2n) is 3.45. The molecule has 1 aromatic carbocycles. The summed E-state index contributed by atoms with van der Waals surface area (Å²) >= 11 is 1.90. The van der Waals surface area contributed by atoms with E-state index in [1.54, 1.807) is 0 Å². The Bertz CT molecular complexity index is 280. The molecule has 1 aliphatic rings. The summed E-state index contributed by atoms with van der Waals surface area (Å²) in [5.41, 5.74) is 6.73. The highest BCUT2D eigenvalue weighted by molar-refractivity contribution is 8.00. The number of hydrogen-bond acceptors (Lipinski definition) is 3. The van der Waals surface area contributed by atoms with Gasteiger partial charge in [0.15, 0.2) is 0 Å². The van der Waals surface area contributed by atoms with Gasteiger partial charge in [-0.3, -0.25) is 0 Å². The first-order valence-corrected chi connectivity index (χ1v) is 5.80. The van der Waals surface area contributed by atoms with Crippen LogP contribution in [0, 0.1) is 0 Å². The maximum Gasteiger partial charge on any atom is 0.0589 e. The lowest BCUT2D eigenvalue weighted by Crippen LogP contribution is -2.00. The van der Waals surface area contributed by atoms with E-state index in [2.05, 4.69) is 24.3 Å². The molecule has 0 aromatic heterocycles. The summed E-state index contributed by atoms with van der Waals surface area (Å²) < 4.78 is 5.33. The highest BCUT2D eigenvalue weighted by Crippen LogP contribution is 2.28. The Hall–Kier alpha value is -0.510. The molecule has 0 aliphatic carbocycles. The molecule has 0 spiro atoms. The highest BCUT2D eigenvalue weighted by Gasteiger charge is 2.16. The van der Waals surface area contributed by atoms with E-state index < -0.39 is 0 Å². The summed E-state index contributed by atoms with van der Waals surface area (Å²) in [6.45, 7) is 2.43. The molecular weight excluding hydrogens is 194 g/mol. The lowest BCUT2D eigenvalue weighted by molar-refractivity contribution is 0.199. The predicted molar refractivity (Wildman–Crippen MR) is 59.4 cm³/mol. The smallest absolute Gasteiger partial charge is 0.0589 e. The second-order valence-corrected chi connectivity index (χ2v) is 4.83. The summed E-state index contributed by atoms with van der Waals surface area (Å²) in [5, 5.41) is 0.638. The fourth-order valence-electron chi connectivity index (χ4n) is 1.50. The molecule has 1 saturated heterocycles.